The Morgan fingerprint density at radius 1 is 0.882 bits per heavy atom. The van der Waals surface area contributed by atoms with E-state index in [4.69, 9.17) is 4.74 Å². The maximum atomic E-state index is 13.1. The molecule has 2 heterocycles. The summed E-state index contributed by atoms with van der Waals surface area (Å²) in [6.07, 6.45) is 0. The fraction of sp³-hybridized carbons (Fsp3) is 0.0800. The number of amidine groups is 1. The van der Waals surface area contributed by atoms with E-state index in [-0.39, 0.29) is 16.5 Å². The van der Waals surface area contributed by atoms with Crippen LogP contribution >= 0.6 is 0 Å². The van der Waals surface area contributed by atoms with E-state index in [1.165, 1.54) is 6.07 Å². The van der Waals surface area contributed by atoms with E-state index < -0.39 is 29.1 Å². The number of nitrogens with one attached hydrogen (secondary N) is 2. The van der Waals surface area contributed by atoms with Gasteiger partial charge in [-0.05, 0) is 23.8 Å². The largest absolute Gasteiger partial charge is 0.456 e. The second kappa shape index (κ2) is 8.60. The number of aromatic nitrogens is 1. The molecule has 0 aliphatic carbocycles. The van der Waals surface area contributed by atoms with E-state index in [0.717, 1.165) is 16.5 Å². The number of para-hydroxylation sites is 1. The third-order valence-electron chi connectivity index (χ3n) is 5.44. The van der Waals surface area contributed by atoms with Crippen molar-refractivity contribution in [3.05, 3.63) is 90.0 Å². The van der Waals surface area contributed by atoms with Crippen molar-refractivity contribution in [2.45, 2.75) is 4.90 Å². The number of H-pyrrole nitrogens is 1. The molecule has 0 atom stereocenters. The van der Waals surface area contributed by atoms with Crippen LogP contribution in [0.25, 0.3) is 22.2 Å². The van der Waals surface area contributed by atoms with Crippen LogP contribution in [-0.2, 0) is 19.6 Å². The van der Waals surface area contributed by atoms with Gasteiger partial charge in [0.2, 0.25) is 5.78 Å². The van der Waals surface area contributed by atoms with E-state index in [0.29, 0.717) is 16.8 Å². The van der Waals surface area contributed by atoms with Gasteiger partial charge in [-0.15, -0.1) is 0 Å². The highest BCUT2D eigenvalue weighted by Crippen LogP contribution is 2.30. The summed E-state index contributed by atoms with van der Waals surface area (Å²) in [5.41, 5.74) is 3.12. The SMILES string of the molecule is O=C(CN=C1NS(=O)(=O)c2ccccc21)OCC(=O)c1c(-c2ccccc2)[nH]c2ccccc12. The molecule has 8 nitrogen and oxygen atoms in total. The molecule has 0 unspecified atom stereocenters. The van der Waals surface area contributed by atoms with Gasteiger partial charge in [-0.25, -0.2) is 8.42 Å². The third kappa shape index (κ3) is 3.97. The maximum Gasteiger partial charge on any atom is 0.328 e. The molecule has 1 aliphatic heterocycles. The van der Waals surface area contributed by atoms with Gasteiger partial charge < -0.3 is 9.72 Å². The highest BCUT2D eigenvalue weighted by molar-refractivity contribution is 7.90. The summed E-state index contributed by atoms with van der Waals surface area (Å²) in [4.78, 5) is 32.8. The van der Waals surface area contributed by atoms with Gasteiger partial charge in [-0.1, -0.05) is 60.7 Å². The summed E-state index contributed by atoms with van der Waals surface area (Å²) in [6.45, 7) is -0.896. The molecule has 2 N–H and O–H groups in total. The first-order valence-corrected chi connectivity index (χ1v) is 11.9. The summed E-state index contributed by atoms with van der Waals surface area (Å²) < 4.78 is 31.8. The first-order chi connectivity index (χ1) is 16.4. The number of esters is 1. The number of sulfonamides is 1. The lowest BCUT2D eigenvalue weighted by molar-refractivity contribution is -0.140. The number of fused-ring (bicyclic) bond motifs is 2. The molecule has 0 saturated heterocycles. The Morgan fingerprint density at radius 3 is 2.41 bits per heavy atom. The number of aromatic amines is 1. The first kappa shape index (κ1) is 21.6. The molecule has 4 aromatic rings. The smallest absolute Gasteiger partial charge is 0.328 e. The minimum absolute atomic E-state index is 0.0712. The van der Waals surface area contributed by atoms with Gasteiger partial charge in [-0.3, -0.25) is 19.3 Å². The molecule has 0 amide bonds. The van der Waals surface area contributed by atoms with E-state index in [1.807, 2.05) is 54.6 Å². The summed E-state index contributed by atoms with van der Waals surface area (Å²) in [5.74, 6) is -1.03. The molecule has 1 aromatic heterocycles. The van der Waals surface area contributed by atoms with E-state index in [9.17, 15) is 18.0 Å². The fourth-order valence-electron chi connectivity index (χ4n) is 3.91. The normalized spacial score (nSPS) is 15.1. The zero-order chi connectivity index (χ0) is 23.7. The number of benzene rings is 3. The van der Waals surface area contributed by atoms with Crippen LogP contribution in [-0.4, -0.2) is 44.1 Å². The molecule has 0 bridgehead atoms. The third-order valence-corrected chi connectivity index (χ3v) is 6.84. The number of hydrogen-bond donors (Lipinski definition) is 2. The summed E-state index contributed by atoms with van der Waals surface area (Å²) >= 11 is 0. The lowest BCUT2D eigenvalue weighted by atomic mass is 10.0. The molecule has 34 heavy (non-hydrogen) atoms. The Hall–Kier alpha value is -4.24. The van der Waals surface area contributed by atoms with Crippen molar-refractivity contribution in [3.8, 4) is 11.3 Å². The molecular weight excluding hydrogens is 454 g/mol. The van der Waals surface area contributed by atoms with Crippen molar-refractivity contribution < 1.29 is 22.7 Å². The minimum atomic E-state index is -3.70. The number of nitrogens with zero attached hydrogens (tertiary/aromatic N) is 1. The number of rotatable bonds is 6. The van der Waals surface area contributed by atoms with Gasteiger partial charge >= 0.3 is 5.97 Å². The van der Waals surface area contributed by atoms with Crippen LogP contribution in [0, 0.1) is 0 Å². The van der Waals surface area contributed by atoms with Gasteiger partial charge in [-0.2, -0.15) is 0 Å². The molecule has 9 heteroatoms. The van der Waals surface area contributed by atoms with Crippen LogP contribution in [0.3, 0.4) is 0 Å². The van der Waals surface area contributed by atoms with Gasteiger partial charge in [0.05, 0.1) is 16.2 Å². The van der Waals surface area contributed by atoms with Gasteiger partial charge in [0.25, 0.3) is 10.0 Å². The second-order valence-electron chi connectivity index (χ2n) is 7.64. The number of carbonyl (C=O) groups excluding carboxylic acids is 2. The fourth-order valence-corrected chi connectivity index (χ4v) is 5.16. The van der Waals surface area contributed by atoms with Crippen LogP contribution in [0.15, 0.2) is 88.8 Å². The molecule has 0 spiro atoms. The molecule has 0 fully saturated rings. The Bertz CT molecular complexity index is 1560. The topological polar surface area (TPSA) is 118 Å². The minimum Gasteiger partial charge on any atom is -0.456 e. The number of hydrogen-bond acceptors (Lipinski definition) is 6. The van der Waals surface area contributed by atoms with Gasteiger partial charge in [0.15, 0.2) is 6.61 Å². The predicted octanol–water partition coefficient (Wildman–Crippen LogP) is 3.30. The van der Waals surface area contributed by atoms with Crippen molar-refractivity contribution in [3.63, 3.8) is 0 Å². The number of Topliss-reactive ketones (excluding diaryl/α,β-unsaturated/α-hetero) is 1. The Labute approximate surface area is 195 Å². The molecule has 1 aliphatic rings. The van der Waals surface area contributed by atoms with E-state index in [1.54, 1.807) is 18.2 Å². The maximum absolute atomic E-state index is 13.1. The molecular formula is C25H19N3O5S. The zero-order valence-corrected chi connectivity index (χ0v) is 18.6. The first-order valence-electron chi connectivity index (χ1n) is 10.5. The molecule has 3 aromatic carbocycles. The summed E-state index contributed by atoms with van der Waals surface area (Å²) in [6, 6.07) is 23.2. The number of aliphatic imine (C=N–C) groups is 1. The van der Waals surface area contributed by atoms with E-state index >= 15 is 0 Å². The zero-order valence-electron chi connectivity index (χ0n) is 17.8. The quantitative estimate of drug-likeness (QED) is 0.329. The van der Waals surface area contributed by atoms with Crippen molar-refractivity contribution in [2.24, 2.45) is 4.99 Å². The predicted molar refractivity (Wildman–Crippen MR) is 127 cm³/mol. The van der Waals surface area contributed by atoms with Gasteiger partial charge in [0, 0.05) is 16.5 Å². The van der Waals surface area contributed by atoms with Crippen molar-refractivity contribution in [1.82, 2.24) is 9.71 Å². The van der Waals surface area contributed by atoms with Crippen LogP contribution in [0.1, 0.15) is 15.9 Å². The van der Waals surface area contributed by atoms with E-state index in [2.05, 4.69) is 14.7 Å². The molecule has 0 saturated carbocycles. The average molecular weight is 474 g/mol. The standard InChI is InChI=1S/C25H19N3O5S/c29-20(23-17-10-4-6-12-19(17)27-24(23)16-8-2-1-3-9-16)15-33-22(30)14-26-25-18-11-5-7-13-21(18)34(31,32)28-25/h1-13,27H,14-15H2,(H,26,28). The lowest BCUT2D eigenvalue weighted by Gasteiger charge is -2.06. The van der Waals surface area contributed by atoms with Crippen LogP contribution in [0.5, 0.6) is 0 Å². The van der Waals surface area contributed by atoms with Crippen LogP contribution in [0.2, 0.25) is 0 Å². The molecule has 0 radical (unpaired) electrons. The second-order valence-corrected chi connectivity index (χ2v) is 9.29. The molecule has 170 valence electrons. The summed E-state index contributed by atoms with van der Waals surface area (Å²) in [5, 5.41) is 0.736. The lowest BCUT2D eigenvalue weighted by Crippen LogP contribution is -2.24. The summed E-state index contributed by atoms with van der Waals surface area (Å²) in [7, 11) is -3.70. The highest BCUT2D eigenvalue weighted by atomic mass is 32.2. The van der Waals surface area contributed by atoms with Crippen molar-refractivity contribution in [1.29, 1.82) is 0 Å². The highest BCUT2D eigenvalue weighted by Gasteiger charge is 2.30. The van der Waals surface area contributed by atoms with Crippen molar-refractivity contribution >= 4 is 38.5 Å². The van der Waals surface area contributed by atoms with Crippen molar-refractivity contribution in [2.75, 3.05) is 13.2 Å². The van der Waals surface area contributed by atoms with Crippen LogP contribution < -0.4 is 4.72 Å². The Kier molecular flexibility index (Phi) is 5.46. The number of ketones is 1. The Balaban J connectivity index is 1.33. The average Bonchev–Trinajstić information content (AvgIpc) is 3.37. The number of carbonyl (C=O) groups is 2. The monoisotopic (exact) mass is 473 g/mol. The van der Waals surface area contributed by atoms with Crippen LogP contribution in [0.4, 0.5) is 0 Å². The Morgan fingerprint density at radius 2 is 1.59 bits per heavy atom. The number of ether oxygens (including phenoxy) is 1. The molecule has 5 rings (SSSR count). The van der Waals surface area contributed by atoms with Gasteiger partial charge in [0.1, 0.15) is 12.4 Å².